The average Bonchev–Trinajstić information content (AvgIpc) is 2.32. The molecule has 100 valence electrons. The number of benzene rings is 1. The molecule has 0 spiro atoms. The van der Waals surface area contributed by atoms with Crippen molar-refractivity contribution in [3.05, 3.63) is 35.1 Å². The SMILES string of the molecule is Cc1cc(F)ccc1C(O)CN1CCC(O)CC1. The van der Waals surface area contributed by atoms with Crippen molar-refractivity contribution in [1.29, 1.82) is 0 Å². The van der Waals surface area contributed by atoms with Gasteiger partial charge in [0.15, 0.2) is 0 Å². The van der Waals surface area contributed by atoms with Crippen molar-refractivity contribution in [3.8, 4) is 0 Å². The van der Waals surface area contributed by atoms with Crippen LogP contribution in [0.5, 0.6) is 0 Å². The molecular weight excluding hydrogens is 233 g/mol. The summed E-state index contributed by atoms with van der Waals surface area (Å²) in [7, 11) is 0. The normalized spacial score (nSPS) is 20.0. The summed E-state index contributed by atoms with van der Waals surface area (Å²) in [5.41, 5.74) is 1.56. The summed E-state index contributed by atoms with van der Waals surface area (Å²) >= 11 is 0. The maximum atomic E-state index is 13.0. The number of hydrogen-bond acceptors (Lipinski definition) is 3. The zero-order chi connectivity index (χ0) is 13.1. The molecule has 3 nitrogen and oxygen atoms in total. The van der Waals surface area contributed by atoms with Crippen LogP contribution in [0.3, 0.4) is 0 Å². The maximum absolute atomic E-state index is 13.0. The minimum Gasteiger partial charge on any atom is -0.393 e. The van der Waals surface area contributed by atoms with Gasteiger partial charge in [-0.05, 0) is 43.0 Å². The molecule has 2 N–H and O–H groups in total. The first-order valence-corrected chi connectivity index (χ1v) is 6.41. The van der Waals surface area contributed by atoms with Crippen LogP contribution in [-0.4, -0.2) is 40.9 Å². The van der Waals surface area contributed by atoms with Gasteiger partial charge in [0, 0.05) is 19.6 Å². The Kier molecular flexibility index (Phi) is 4.32. The van der Waals surface area contributed by atoms with Crippen molar-refractivity contribution < 1.29 is 14.6 Å². The number of rotatable bonds is 3. The van der Waals surface area contributed by atoms with Crippen molar-refractivity contribution in [1.82, 2.24) is 4.90 Å². The lowest BCUT2D eigenvalue weighted by atomic mass is 10.0. The summed E-state index contributed by atoms with van der Waals surface area (Å²) < 4.78 is 13.0. The highest BCUT2D eigenvalue weighted by atomic mass is 19.1. The highest BCUT2D eigenvalue weighted by Crippen LogP contribution is 2.21. The van der Waals surface area contributed by atoms with Crippen LogP contribution in [0.1, 0.15) is 30.1 Å². The number of aliphatic hydroxyl groups is 2. The molecule has 1 fully saturated rings. The maximum Gasteiger partial charge on any atom is 0.123 e. The molecule has 0 radical (unpaired) electrons. The molecule has 2 rings (SSSR count). The van der Waals surface area contributed by atoms with Gasteiger partial charge in [-0.15, -0.1) is 0 Å². The van der Waals surface area contributed by atoms with Gasteiger partial charge >= 0.3 is 0 Å². The summed E-state index contributed by atoms with van der Waals surface area (Å²) in [5, 5.41) is 19.6. The van der Waals surface area contributed by atoms with Crippen LogP contribution in [-0.2, 0) is 0 Å². The number of nitrogens with zero attached hydrogens (tertiary/aromatic N) is 1. The number of β-amino-alcohol motifs (C(OH)–C–C–N with tert-alkyl or cyclic N) is 1. The van der Waals surface area contributed by atoms with Crippen molar-refractivity contribution >= 4 is 0 Å². The number of likely N-dealkylation sites (tertiary alicyclic amines) is 1. The number of hydrogen-bond donors (Lipinski definition) is 2. The van der Waals surface area contributed by atoms with Crippen molar-refractivity contribution in [2.45, 2.75) is 32.0 Å². The molecule has 1 saturated heterocycles. The third-order valence-electron chi connectivity index (χ3n) is 3.58. The predicted molar refractivity (Wildman–Crippen MR) is 67.8 cm³/mol. The monoisotopic (exact) mass is 253 g/mol. The first-order valence-electron chi connectivity index (χ1n) is 6.41. The Morgan fingerprint density at radius 3 is 2.67 bits per heavy atom. The van der Waals surface area contributed by atoms with E-state index < -0.39 is 6.10 Å². The highest BCUT2D eigenvalue weighted by molar-refractivity contribution is 5.28. The van der Waals surface area contributed by atoms with Gasteiger partial charge in [-0.3, -0.25) is 0 Å². The van der Waals surface area contributed by atoms with Gasteiger partial charge in [-0.25, -0.2) is 4.39 Å². The van der Waals surface area contributed by atoms with E-state index in [1.165, 1.54) is 12.1 Å². The zero-order valence-electron chi connectivity index (χ0n) is 10.6. The molecule has 1 atom stereocenters. The fourth-order valence-electron chi connectivity index (χ4n) is 2.46. The van der Waals surface area contributed by atoms with E-state index in [1.54, 1.807) is 6.07 Å². The van der Waals surface area contributed by atoms with Crippen LogP contribution in [0.15, 0.2) is 18.2 Å². The van der Waals surface area contributed by atoms with Crippen molar-refractivity contribution in [2.75, 3.05) is 19.6 Å². The first-order chi connectivity index (χ1) is 8.56. The fraction of sp³-hybridized carbons (Fsp3) is 0.571. The van der Waals surface area contributed by atoms with E-state index in [2.05, 4.69) is 4.90 Å². The second kappa shape index (κ2) is 5.78. The van der Waals surface area contributed by atoms with Gasteiger partial charge < -0.3 is 15.1 Å². The summed E-state index contributed by atoms with van der Waals surface area (Å²) in [4.78, 5) is 2.14. The first kappa shape index (κ1) is 13.5. The Morgan fingerprint density at radius 1 is 1.39 bits per heavy atom. The quantitative estimate of drug-likeness (QED) is 0.860. The molecule has 1 aromatic carbocycles. The Balaban J connectivity index is 1.97. The van der Waals surface area contributed by atoms with Crippen LogP contribution in [0.25, 0.3) is 0 Å². The van der Waals surface area contributed by atoms with Gasteiger partial charge in [0.05, 0.1) is 12.2 Å². The third-order valence-corrected chi connectivity index (χ3v) is 3.58. The summed E-state index contributed by atoms with van der Waals surface area (Å²) in [5.74, 6) is -0.274. The molecule has 0 aromatic heterocycles. The Bertz CT molecular complexity index is 403. The second-order valence-corrected chi connectivity index (χ2v) is 5.05. The van der Waals surface area contributed by atoms with E-state index in [1.807, 2.05) is 6.92 Å². The van der Waals surface area contributed by atoms with Crippen LogP contribution in [0.4, 0.5) is 4.39 Å². The Hall–Kier alpha value is -0.970. The van der Waals surface area contributed by atoms with Crippen LogP contribution >= 0.6 is 0 Å². The minimum atomic E-state index is -0.596. The second-order valence-electron chi connectivity index (χ2n) is 5.05. The molecular formula is C14H20FNO2. The number of halogens is 1. The molecule has 1 aromatic rings. The highest BCUT2D eigenvalue weighted by Gasteiger charge is 2.20. The van der Waals surface area contributed by atoms with E-state index in [9.17, 15) is 14.6 Å². The molecule has 1 aliphatic rings. The molecule has 0 saturated carbocycles. The fourth-order valence-corrected chi connectivity index (χ4v) is 2.46. The topological polar surface area (TPSA) is 43.7 Å². The van der Waals surface area contributed by atoms with Crippen LogP contribution in [0.2, 0.25) is 0 Å². The zero-order valence-corrected chi connectivity index (χ0v) is 10.6. The molecule has 0 amide bonds. The van der Waals surface area contributed by atoms with Crippen molar-refractivity contribution in [3.63, 3.8) is 0 Å². The van der Waals surface area contributed by atoms with E-state index in [-0.39, 0.29) is 11.9 Å². The van der Waals surface area contributed by atoms with Gasteiger partial charge in [-0.1, -0.05) is 6.07 Å². The van der Waals surface area contributed by atoms with Gasteiger partial charge in [0.25, 0.3) is 0 Å². The molecule has 1 aliphatic heterocycles. The van der Waals surface area contributed by atoms with Crippen LogP contribution in [0, 0.1) is 12.7 Å². The van der Waals surface area contributed by atoms with Gasteiger partial charge in [0.1, 0.15) is 5.82 Å². The van der Waals surface area contributed by atoms with Gasteiger partial charge in [-0.2, -0.15) is 0 Å². The predicted octanol–water partition coefficient (Wildman–Crippen LogP) is 1.62. The lowest BCUT2D eigenvalue weighted by molar-refractivity contribution is 0.0506. The van der Waals surface area contributed by atoms with E-state index >= 15 is 0 Å². The molecule has 1 unspecified atom stereocenters. The average molecular weight is 253 g/mol. The molecule has 4 heteroatoms. The van der Waals surface area contributed by atoms with Crippen molar-refractivity contribution in [2.24, 2.45) is 0 Å². The van der Waals surface area contributed by atoms with E-state index in [4.69, 9.17) is 0 Å². The molecule has 0 bridgehead atoms. The van der Waals surface area contributed by atoms with Gasteiger partial charge in [0.2, 0.25) is 0 Å². The number of aliphatic hydroxyl groups excluding tert-OH is 2. The minimum absolute atomic E-state index is 0.203. The Morgan fingerprint density at radius 2 is 2.06 bits per heavy atom. The van der Waals surface area contributed by atoms with E-state index in [0.29, 0.717) is 6.54 Å². The lowest BCUT2D eigenvalue weighted by Crippen LogP contribution is -2.38. The standard InChI is InChI=1S/C14H20FNO2/c1-10-8-11(15)2-3-13(10)14(18)9-16-6-4-12(17)5-7-16/h2-3,8,12,14,17-18H,4-7,9H2,1H3. The van der Waals surface area contributed by atoms with E-state index in [0.717, 1.165) is 37.1 Å². The third kappa shape index (κ3) is 3.28. The Labute approximate surface area is 107 Å². The number of piperidine rings is 1. The smallest absolute Gasteiger partial charge is 0.123 e. The molecule has 18 heavy (non-hydrogen) atoms. The van der Waals surface area contributed by atoms with Crippen LogP contribution < -0.4 is 0 Å². The lowest BCUT2D eigenvalue weighted by Gasteiger charge is -2.31. The summed E-state index contributed by atoms with van der Waals surface area (Å²) in [6.45, 7) is 3.96. The largest absolute Gasteiger partial charge is 0.393 e. The molecule has 1 heterocycles. The molecule has 0 aliphatic carbocycles. The number of aryl methyl sites for hydroxylation is 1. The summed E-state index contributed by atoms with van der Waals surface area (Å²) in [6.07, 6.45) is 0.719. The summed E-state index contributed by atoms with van der Waals surface area (Å²) in [6, 6.07) is 4.47.